The second kappa shape index (κ2) is 7.70. The third-order valence-corrected chi connectivity index (χ3v) is 7.30. The van der Waals surface area contributed by atoms with Gasteiger partial charge in [0.2, 0.25) is 5.91 Å². The van der Waals surface area contributed by atoms with E-state index < -0.39 is 17.8 Å². The van der Waals surface area contributed by atoms with Crippen LogP contribution in [0.1, 0.15) is 53.4 Å². The van der Waals surface area contributed by atoms with E-state index >= 15 is 0 Å². The summed E-state index contributed by atoms with van der Waals surface area (Å²) in [6, 6.07) is 0. The summed E-state index contributed by atoms with van der Waals surface area (Å²) < 4.78 is 5.37. The highest BCUT2D eigenvalue weighted by molar-refractivity contribution is 7.17. The summed E-state index contributed by atoms with van der Waals surface area (Å²) in [7, 11) is 0. The Morgan fingerprint density at radius 2 is 1.89 bits per heavy atom. The molecule has 3 aliphatic rings. The van der Waals surface area contributed by atoms with Crippen LogP contribution in [0, 0.1) is 23.7 Å². The molecular formula is C21H25NO5S. The molecule has 0 spiro atoms. The van der Waals surface area contributed by atoms with E-state index in [1.54, 1.807) is 0 Å². The van der Waals surface area contributed by atoms with Gasteiger partial charge in [-0.1, -0.05) is 19.1 Å². The number of aliphatic carboxylic acids is 1. The molecule has 1 heterocycles. The summed E-state index contributed by atoms with van der Waals surface area (Å²) in [6.07, 6.45) is 9.13. The van der Waals surface area contributed by atoms with E-state index in [1.807, 2.05) is 19.1 Å². The van der Waals surface area contributed by atoms with Crippen LogP contribution in [0.25, 0.3) is 0 Å². The zero-order valence-corrected chi connectivity index (χ0v) is 16.7. The van der Waals surface area contributed by atoms with Gasteiger partial charge in [0.25, 0.3) is 0 Å². The van der Waals surface area contributed by atoms with Gasteiger partial charge in [0.05, 0.1) is 24.0 Å². The number of esters is 1. The molecule has 28 heavy (non-hydrogen) atoms. The van der Waals surface area contributed by atoms with Crippen LogP contribution in [0.5, 0.6) is 0 Å². The van der Waals surface area contributed by atoms with Gasteiger partial charge >= 0.3 is 11.9 Å². The Morgan fingerprint density at radius 3 is 2.61 bits per heavy atom. The number of carbonyl (C=O) groups excluding carboxylic acids is 2. The number of thiophene rings is 1. The van der Waals surface area contributed by atoms with E-state index in [4.69, 9.17) is 4.74 Å². The second-order valence-electron chi connectivity index (χ2n) is 7.88. The fraction of sp³-hybridized carbons (Fsp3) is 0.571. The van der Waals surface area contributed by atoms with Crippen LogP contribution in [-0.4, -0.2) is 29.6 Å². The molecule has 1 amide bonds. The molecule has 2 bridgehead atoms. The fourth-order valence-electron chi connectivity index (χ4n) is 4.85. The summed E-state index contributed by atoms with van der Waals surface area (Å²) in [6.45, 7) is 2.28. The van der Waals surface area contributed by atoms with Crippen molar-refractivity contribution in [1.82, 2.24) is 0 Å². The van der Waals surface area contributed by atoms with Crippen molar-refractivity contribution in [1.29, 1.82) is 0 Å². The van der Waals surface area contributed by atoms with Crippen LogP contribution in [-0.2, 0) is 27.2 Å². The first-order chi connectivity index (χ1) is 13.5. The summed E-state index contributed by atoms with van der Waals surface area (Å²) in [5, 5.41) is 13.0. The number of carbonyl (C=O) groups is 3. The molecule has 2 N–H and O–H groups in total. The molecule has 1 saturated carbocycles. The maximum atomic E-state index is 13.1. The molecule has 1 fully saturated rings. The first kappa shape index (κ1) is 19.2. The van der Waals surface area contributed by atoms with Crippen molar-refractivity contribution in [2.24, 2.45) is 23.7 Å². The van der Waals surface area contributed by atoms with Gasteiger partial charge in [0.1, 0.15) is 5.00 Å². The highest BCUT2D eigenvalue weighted by atomic mass is 32.1. The highest BCUT2D eigenvalue weighted by Crippen LogP contribution is 2.49. The number of anilines is 1. The molecule has 150 valence electrons. The lowest BCUT2D eigenvalue weighted by Gasteiger charge is -2.23. The van der Waals surface area contributed by atoms with Crippen LogP contribution in [0.3, 0.4) is 0 Å². The smallest absolute Gasteiger partial charge is 0.341 e. The minimum Gasteiger partial charge on any atom is -0.481 e. The lowest BCUT2D eigenvalue weighted by Crippen LogP contribution is -2.36. The minimum atomic E-state index is -0.926. The fourth-order valence-corrected chi connectivity index (χ4v) is 6.13. The number of carboxylic acid groups (broad SMARTS) is 1. The summed E-state index contributed by atoms with van der Waals surface area (Å²) >= 11 is 1.44. The monoisotopic (exact) mass is 403 g/mol. The number of amides is 1. The SMILES string of the molecule is CCCOC(=O)c1c(NC(=O)[C@H]2[C@@H](C(=O)O)[C@H]3C=C[C@H]2C3)sc2c1CCCC2. The molecule has 0 radical (unpaired) electrons. The Labute approximate surface area is 168 Å². The normalized spacial score (nSPS) is 27.5. The number of ether oxygens (including phenoxy) is 1. The number of rotatable bonds is 6. The Kier molecular flexibility index (Phi) is 5.27. The van der Waals surface area contributed by atoms with Crippen LogP contribution in [0.15, 0.2) is 12.2 Å². The molecule has 0 saturated heterocycles. The van der Waals surface area contributed by atoms with Crippen molar-refractivity contribution in [2.75, 3.05) is 11.9 Å². The maximum absolute atomic E-state index is 13.1. The molecule has 4 atom stereocenters. The first-order valence-corrected chi connectivity index (χ1v) is 10.9. The third-order valence-electron chi connectivity index (χ3n) is 6.10. The van der Waals surface area contributed by atoms with Gasteiger partial charge in [-0.2, -0.15) is 0 Å². The van der Waals surface area contributed by atoms with Crippen LogP contribution >= 0.6 is 11.3 Å². The first-order valence-electron chi connectivity index (χ1n) is 10.0. The van der Waals surface area contributed by atoms with E-state index in [2.05, 4.69) is 5.32 Å². The van der Waals surface area contributed by atoms with Gasteiger partial charge in [-0.15, -0.1) is 11.3 Å². The Hall–Kier alpha value is -2.15. The van der Waals surface area contributed by atoms with Crippen LogP contribution < -0.4 is 5.32 Å². The van der Waals surface area contributed by atoms with E-state index in [1.165, 1.54) is 11.3 Å². The standard InChI is InChI=1S/C21H25NO5S/c1-2-9-27-21(26)17-13-5-3-4-6-14(13)28-19(17)22-18(23)15-11-7-8-12(10-11)16(15)20(24)25/h7-8,11-12,15-16H,2-6,9-10H2,1H3,(H,22,23)(H,24,25)/t11-,12-,15+,16-/m0/s1. The van der Waals surface area contributed by atoms with Crippen molar-refractivity contribution < 1.29 is 24.2 Å². The van der Waals surface area contributed by atoms with Crippen molar-refractivity contribution in [3.05, 3.63) is 28.2 Å². The zero-order chi connectivity index (χ0) is 19.8. The predicted molar refractivity (Wildman–Crippen MR) is 106 cm³/mol. The van der Waals surface area contributed by atoms with Gasteiger partial charge < -0.3 is 15.2 Å². The molecular weight excluding hydrogens is 378 g/mol. The molecule has 7 heteroatoms. The van der Waals surface area contributed by atoms with Crippen LogP contribution in [0.2, 0.25) is 0 Å². The van der Waals surface area contributed by atoms with Crippen molar-refractivity contribution in [3.8, 4) is 0 Å². The number of fused-ring (bicyclic) bond motifs is 3. The van der Waals surface area contributed by atoms with E-state index in [0.717, 1.165) is 42.5 Å². The largest absolute Gasteiger partial charge is 0.481 e. The summed E-state index contributed by atoms with van der Waals surface area (Å²) in [5.41, 5.74) is 1.47. The quantitative estimate of drug-likeness (QED) is 0.559. The number of nitrogens with one attached hydrogen (secondary N) is 1. The number of allylic oxidation sites excluding steroid dienone is 2. The summed E-state index contributed by atoms with van der Waals surface area (Å²) in [4.78, 5) is 38.6. The average molecular weight is 404 g/mol. The highest BCUT2D eigenvalue weighted by Gasteiger charge is 2.51. The average Bonchev–Trinajstić information content (AvgIpc) is 3.37. The van der Waals surface area contributed by atoms with Gasteiger partial charge in [0, 0.05) is 4.88 Å². The van der Waals surface area contributed by atoms with E-state index in [-0.39, 0.29) is 23.7 Å². The minimum absolute atomic E-state index is 0.0452. The van der Waals surface area contributed by atoms with E-state index in [9.17, 15) is 19.5 Å². The molecule has 1 aromatic heterocycles. The number of carboxylic acids is 1. The number of hydrogen-bond donors (Lipinski definition) is 2. The number of aryl methyl sites for hydroxylation is 1. The van der Waals surface area contributed by atoms with Gasteiger partial charge in [0.15, 0.2) is 0 Å². The zero-order valence-electron chi connectivity index (χ0n) is 15.9. The molecule has 1 aromatic rings. The van der Waals surface area contributed by atoms with E-state index in [0.29, 0.717) is 23.6 Å². The van der Waals surface area contributed by atoms with Crippen molar-refractivity contribution in [3.63, 3.8) is 0 Å². The van der Waals surface area contributed by atoms with Gasteiger partial charge in [-0.3, -0.25) is 9.59 Å². The van der Waals surface area contributed by atoms with Crippen molar-refractivity contribution >= 4 is 34.2 Å². The van der Waals surface area contributed by atoms with Gasteiger partial charge in [-0.05, 0) is 55.9 Å². The third kappa shape index (κ3) is 3.26. The Bertz CT molecular complexity index is 842. The topological polar surface area (TPSA) is 92.7 Å². The summed E-state index contributed by atoms with van der Waals surface area (Å²) in [5.74, 6) is -3.03. The molecule has 4 rings (SSSR count). The molecule has 0 aromatic carbocycles. The predicted octanol–water partition coefficient (Wildman–Crippen LogP) is 3.66. The van der Waals surface area contributed by atoms with Gasteiger partial charge in [-0.25, -0.2) is 4.79 Å². The van der Waals surface area contributed by atoms with Crippen LogP contribution in [0.4, 0.5) is 5.00 Å². The molecule has 3 aliphatic carbocycles. The molecule has 0 unspecified atom stereocenters. The Balaban J connectivity index is 1.61. The second-order valence-corrected chi connectivity index (χ2v) is 8.98. The maximum Gasteiger partial charge on any atom is 0.341 e. The number of hydrogen-bond acceptors (Lipinski definition) is 5. The lowest BCUT2D eigenvalue weighted by atomic mass is 9.82. The Morgan fingerprint density at radius 1 is 1.18 bits per heavy atom. The molecule has 0 aliphatic heterocycles. The lowest BCUT2D eigenvalue weighted by molar-refractivity contribution is -0.146. The molecule has 6 nitrogen and oxygen atoms in total. The van der Waals surface area contributed by atoms with Crippen molar-refractivity contribution in [2.45, 2.75) is 45.4 Å².